The van der Waals surface area contributed by atoms with Crippen LogP contribution in [0.4, 0.5) is 9.59 Å². The van der Waals surface area contributed by atoms with E-state index in [0.29, 0.717) is 18.6 Å². The van der Waals surface area contributed by atoms with Crippen LogP contribution < -0.4 is 10.6 Å². The normalized spacial score (nSPS) is 13.2. The van der Waals surface area contributed by atoms with Crippen LogP contribution in [0.15, 0.2) is 0 Å². The molecule has 0 saturated carbocycles. The van der Waals surface area contributed by atoms with Gasteiger partial charge in [0.1, 0.15) is 23.3 Å². The highest BCUT2D eigenvalue weighted by molar-refractivity contribution is 5.81. The molecule has 0 rings (SSSR count). The average molecular weight is 565 g/mol. The molecule has 0 aromatic carbocycles. The molecule has 0 bridgehead atoms. The molecule has 0 unspecified atom stereocenters. The fourth-order valence-electron chi connectivity index (χ4n) is 2.01. The SMILES string of the molecule is CC(C)(C)CCO.C[C@H](NC(=O)OC(C)(C)C)C(=O)O.C[C@H](NC(=O)OC(C)(C)C)C(=O)OCCC(C)(C)C. The van der Waals surface area contributed by atoms with Crippen LogP contribution in [0.1, 0.15) is 110 Å². The Labute approximate surface area is 235 Å². The van der Waals surface area contributed by atoms with Crippen molar-refractivity contribution in [1.29, 1.82) is 0 Å². The first-order valence-electron chi connectivity index (χ1n) is 13.2. The fraction of sp³-hybridized carbons (Fsp3) is 0.857. The number of nitrogens with one attached hydrogen (secondary N) is 2. The van der Waals surface area contributed by atoms with Crippen LogP contribution in [0, 0.1) is 10.8 Å². The Hall–Kier alpha value is -2.56. The summed E-state index contributed by atoms with van der Waals surface area (Å²) in [5.41, 5.74) is -0.779. The third-order valence-corrected chi connectivity index (χ3v) is 4.15. The predicted octanol–water partition coefficient (Wildman–Crippen LogP) is 5.28. The van der Waals surface area contributed by atoms with Gasteiger partial charge in [-0.05, 0) is 79.1 Å². The van der Waals surface area contributed by atoms with E-state index in [1.54, 1.807) is 48.5 Å². The van der Waals surface area contributed by atoms with E-state index in [0.717, 1.165) is 12.8 Å². The largest absolute Gasteiger partial charge is 0.480 e. The molecule has 0 aliphatic carbocycles. The fourth-order valence-corrected chi connectivity index (χ4v) is 2.01. The predicted molar refractivity (Wildman–Crippen MR) is 151 cm³/mol. The van der Waals surface area contributed by atoms with Crippen LogP contribution >= 0.6 is 0 Å². The van der Waals surface area contributed by atoms with Crippen LogP contribution in [-0.2, 0) is 23.8 Å². The van der Waals surface area contributed by atoms with E-state index in [2.05, 4.69) is 52.2 Å². The molecule has 4 N–H and O–H groups in total. The number of alkyl carbamates (subject to hydrolysis) is 2. The molecule has 0 radical (unpaired) electrons. The summed E-state index contributed by atoms with van der Waals surface area (Å²) in [4.78, 5) is 44.4. The Bertz CT molecular complexity index is 740. The molecule has 0 aliphatic heterocycles. The van der Waals surface area contributed by atoms with Crippen LogP contribution in [-0.4, -0.2) is 70.8 Å². The van der Waals surface area contributed by atoms with Crippen molar-refractivity contribution in [3.8, 4) is 0 Å². The second kappa shape index (κ2) is 17.9. The standard InChI is InChI=1S/C14H27NO4.C8H15NO4.C6H14O/c1-10(15-12(17)19-14(5,6)7)11(16)18-9-8-13(2,3)4;1-5(6(10)11)9-7(12)13-8(2,3)4;1-6(2,3)4-5-7/h10H,8-9H2,1-7H3,(H,15,17);5H,1-4H3,(H,9,12)(H,10,11);7H,4-5H2,1-3H3/t10-;5-;/m00./s1. The van der Waals surface area contributed by atoms with Gasteiger partial charge in [-0.25, -0.2) is 14.4 Å². The Balaban J connectivity index is -0.000000558. The van der Waals surface area contributed by atoms with Crippen molar-refractivity contribution in [1.82, 2.24) is 10.6 Å². The third kappa shape index (κ3) is 33.4. The van der Waals surface area contributed by atoms with E-state index in [4.69, 9.17) is 24.4 Å². The summed E-state index contributed by atoms with van der Waals surface area (Å²) in [6.45, 7) is 26.6. The zero-order chi connectivity index (χ0) is 31.8. The van der Waals surface area contributed by atoms with E-state index >= 15 is 0 Å². The van der Waals surface area contributed by atoms with Gasteiger partial charge in [0.05, 0.1) is 6.61 Å². The minimum atomic E-state index is -1.09. The second-order valence-corrected chi connectivity index (χ2v) is 13.6. The summed E-state index contributed by atoms with van der Waals surface area (Å²) in [7, 11) is 0. The van der Waals surface area contributed by atoms with Crippen molar-refractivity contribution in [2.24, 2.45) is 10.8 Å². The highest BCUT2D eigenvalue weighted by Gasteiger charge is 2.22. The smallest absolute Gasteiger partial charge is 0.408 e. The van der Waals surface area contributed by atoms with Gasteiger partial charge < -0.3 is 35.1 Å². The Kier molecular flexibility index (Phi) is 18.8. The molecular weight excluding hydrogens is 508 g/mol. The molecule has 0 spiro atoms. The molecule has 232 valence electrons. The maximum Gasteiger partial charge on any atom is 0.408 e. The summed E-state index contributed by atoms with van der Waals surface area (Å²) in [6.07, 6.45) is 0.334. The molecule has 11 heteroatoms. The lowest BCUT2D eigenvalue weighted by atomic mass is 9.93. The van der Waals surface area contributed by atoms with Crippen molar-refractivity contribution < 1.29 is 43.6 Å². The van der Waals surface area contributed by atoms with Crippen LogP contribution in [0.3, 0.4) is 0 Å². The van der Waals surface area contributed by atoms with Gasteiger partial charge in [0.25, 0.3) is 0 Å². The minimum Gasteiger partial charge on any atom is -0.480 e. The van der Waals surface area contributed by atoms with Crippen molar-refractivity contribution in [3.63, 3.8) is 0 Å². The van der Waals surface area contributed by atoms with Crippen molar-refractivity contribution >= 4 is 24.1 Å². The summed E-state index contributed by atoms with van der Waals surface area (Å²) in [6, 6.07) is -1.65. The van der Waals surface area contributed by atoms with Gasteiger partial charge in [-0.3, -0.25) is 4.79 Å². The lowest BCUT2D eigenvalue weighted by molar-refractivity contribution is -0.146. The topological polar surface area (TPSA) is 160 Å². The Morgan fingerprint density at radius 1 is 0.667 bits per heavy atom. The number of carboxylic acids is 1. The first kappa shape index (κ1) is 40.9. The van der Waals surface area contributed by atoms with Gasteiger partial charge >= 0.3 is 24.1 Å². The number of rotatable bonds is 7. The number of ether oxygens (including phenoxy) is 3. The Morgan fingerprint density at radius 2 is 1.03 bits per heavy atom. The lowest BCUT2D eigenvalue weighted by Gasteiger charge is -2.22. The van der Waals surface area contributed by atoms with E-state index in [-0.39, 0.29) is 5.41 Å². The zero-order valence-electron chi connectivity index (χ0n) is 26.7. The Morgan fingerprint density at radius 3 is 1.28 bits per heavy atom. The van der Waals surface area contributed by atoms with Gasteiger partial charge in [-0.15, -0.1) is 0 Å². The van der Waals surface area contributed by atoms with Gasteiger partial charge in [0.2, 0.25) is 0 Å². The number of carboxylic acid groups (broad SMARTS) is 1. The van der Waals surface area contributed by atoms with Crippen LogP contribution in [0.25, 0.3) is 0 Å². The van der Waals surface area contributed by atoms with Crippen LogP contribution in [0.2, 0.25) is 0 Å². The number of carbonyl (C=O) groups excluding carboxylic acids is 3. The molecule has 39 heavy (non-hydrogen) atoms. The summed E-state index contributed by atoms with van der Waals surface area (Å²) in [5, 5.41) is 21.5. The second-order valence-electron chi connectivity index (χ2n) is 13.6. The molecular formula is C28H56N2O9. The molecule has 2 atom stereocenters. The first-order valence-corrected chi connectivity index (χ1v) is 13.2. The van der Waals surface area contributed by atoms with Crippen molar-refractivity contribution in [2.45, 2.75) is 133 Å². The summed E-state index contributed by atoms with van der Waals surface area (Å²) < 4.78 is 15.0. The molecule has 0 fully saturated rings. The van der Waals surface area contributed by atoms with E-state index in [1.165, 1.54) is 6.92 Å². The number of carbonyl (C=O) groups is 4. The van der Waals surface area contributed by atoms with Crippen LogP contribution in [0.5, 0.6) is 0 Å². The van der Waals surface area contributed by atoms with E-state index < -0.39 is 47.4 Å². The third-order valence-electron chi connectivity index (χ3n) is 4.15. The summed E-state index contributed by atoms with van der Waals surface area (Å²) in [5.74, 6) is -1.54. The average Bonchev–Trinajstić information content (AvgIpc) is 2.63. The maximum absolute atomic E-state index is 11.6. The van der Waals surface area contributed by atoms with Crippen molar-refractivity contribution in [2.75, 3.05) is 13.2 Å². The lowest BCUT2D eigenvalue weighted by Crippen LogP contribution is -2.42. The van der Waals surface area contributed by atoms with Gasteiger partial charge in [-0.2, -0.15) is 0 Å². The highest BCUT2D eigenvalue weighted by atomic mass is 16.6. The number of aliphatic carboxylic acids is 1. The van der Waals surface area contributed by atoms with E-state index in [1.807, 2.05) is 0 Å². The first-order chi connectivity index (χ1) is 17.2. The zero-order valence-corrected chi connectivity index (χ0v) is 26.7. The van der Waals surface area contributed by atoms with Gasteiger partial charge in [-0.1, -0.05) is 41.5 Å². The number of aliphatic hydroxyl groups excluding tert-OH is 1. The quantitative estimate of drug-likeness (QED) is 0.238. The van der Waals surface area contributed by atoms with Gasteiger partial charge in [0, 0.05) is 6.61 Å². The number of esters is 1. The molecule has 0 aromatic rings. The number of amides is 2. The number of hydrogen-bond acceptors (Lipinski definition) is 8. The molecule has 11 nitrogen and oxygen atoms in total. The van der Waals surface area contributed by atoms with Gasteiger partial charge in [0.15, 0.2) is 0 Å². The molecule has 0 saturated heterocycles. The molecule has 0 aromatic heterocycles. The number of hydrogen-bond donors (Lipinski definition) is 4. The molecule has 0 heterocycles. The molecule has 0 aliphatic rings. The number of aliphatic hydroxyl groups is 1. The maximum atomic E-state index is 11.6. The minimum absolute atomic E-state index is 0.113. The highest BCUT2D eigenvalue weighted by Crippen LogP contribution is 2.18. The molecule has 2 amide bonds. The van der Waals surface area contributed by atoms with Crippen molar-refractivity contribution in [3.05, 3.63) is 0 Å². The monoisotopic (exact) mass is 564 g/mol. The summed E-state index contributed by atoms with van der Waals surface area (Å²) >= 11 is 0. The van der Waals surface area contributed by atoms with E-state index in [9.17, 15) is 19.2 Å².